The van der Waals surface area contributed by atoms with Gasteiger partial charge in [0.15, 0.2) is 5.82 Å². The fourth-order valence-electron chi connectivity index (χ4n) is 4.01. The lowest BCUT2D eigenvalue weighted by Gasteiger charge is -2.37. The van der Waals surface area contributed by atoms with Gasteiger partial charge in [-0.2, -0.15) is 0 Å². The van der Waals surface area contributed by atoms with Crippen LogP contribution < -0.4 is 20.4 Å². The molecule has 0 unspecified atom stereocenters. The third-order valence-corrected chi connectivity index (χ3v) is 5.89. The number of nitrogens with one attached hydrogen (secondary N) is 2. The number of amides is 1. The van der Waals surface area contributed by atoms with E-state index in [2.05, 4.69) is 31.5 Å². The van der Waals surface area contributed by atoms with Crippen LogP contribution in [0.1, 0.15) is 35.3 Å². The molecule has 2 bridgehead atoms. The Kier molecular flexibility index (Phi) is 4.30. The van der Waals surface area contributed by atoms with Gasteiger partial charge in [-0.1, -0.05) is 6.07 Å². The van der Waals surface area contributed by atoms with E-state index in [4.69, 9.17) is 4.98 Å². The Balaban J connectivity index is 1.36. The van der Waals surface area contributed by atoms with Crippen LogP contribution in [-0.4, -0.2) is 48.2 Å². The first kappa shape index (κ1) is 17.3. The van der Waals surface area contributed by atoms with Crippen LogP contribution in [0.5, 0.6) is 0 Å². The third-order valence-electron chi connectivity index (χ3n) is 5.89. The quantitative estimate of drug-likeness (QED) is 0.804. The van der Waals surface area contributed by atoms with Gasteiger partial charge in [0, 0.05) is 25.8 Å². The van der Waals surface area contributed by atoms with E-state index in [0.717, 1.165) is 48.9 Å². The number of carbonyl (C=O) groups is 1. The fraction of sp³-hybridized carbons (Fsp3) is 0.476. The van der Waals surface area contributed by atoms with Gasteiger partial charge >= 0.3 is 0 Å². The van der Waals surface area contributed by atoms with Gasteiger partial charge in [0.1, 0.15) is 11.5 Å². The maximum absolute atomic E-state index is 12.5. The van der Waals surface area contributed by atoms with Crippen molar-refractivity contribution in [1.29, 1.82) is 0 Å². The van der Waals surface area contributed by atoms with Crippen LogP contribution in [0.2, 0.25) is 0 Å². The SMILES string of the molecule is Cc1ccc(NCN2c3nc(C(=O)NCC4CC4)ccc3N3CC[C@H]2C3)nc1. The molecule has 2 aromatic rings. The highest BCUT2D eigenvalue weighted by Gasteiger charge is 2.37. The van der Waals surface area contributed by atoms with Gasteiger partial charge in [0.2, 0.25) is 0 Å². The maximum atomic E-state index is 12.5. The van der Waals surface area contributed by atoms with Crippen LogP contribution in [0, 0.1) is 12.8 Å². The van der Waals surface area contributed by atoms with Crippen molar-refractivity contribution in [2.75, 3.05) is 41.4 Å². The van der Waals surface area contributed by atoms with Crippen LogP contribution in [0.4, 0.5) is 17.3 Å². The van der Waals surface area contributed by atoms with E-state index in [1.54, 1.807) is 0 Å². The van der Waals surface area contributed by atoms with Crippen LogP contribution in [0.15, 0.2) is 30.5 Å². The molecule has 2 fully saturated rings. The predicted molar refractivity (Wildman–Crippen MR) is 110 cm³/mol. The van der Waals surface area contributed by atoms with E-state index in [0.29, 0.717) is 24.3 Å². The number of hydrogen-bond acceptors (Lipinski definition) is 6. The molecule has 1 amide bonds. The summed E-state index contributed by atoms with van der Waals surface area (Å²) in [4.78, 5) is 26.4. The Hall–Kier alpha value is -2.83. The molecule has 4 heterocycles. The Morgan fingerprint density at radius 1 is 1.21 bits per heavy atom. The molecular formula is C21H26N6O. The van der Waals surface area contributed by atoms with Gasteiger partial charge in [-0.15, -0.1) is 0 Å². The molecule has 2 aliphatic heterocycles. The van der Waals surface area contributed by atoms with E-state index in [-0.39, 0.29) is 5.91 Å². The number of aromatic nitrogens is 2. The second-order valence-corrected chi connectivity index (χ2v) is 8.11. The molecule has 3 aliphatic rings. The van der Waals surface area contributed by atoms with Crippen LogP contribution >= 0.6 is 0 Å². The van der Waals surface area contributed by atoms with E-state index in [1.165, 1.54) is 12.8 Å². The first-order valence-corrected chi connectivity index (χ1v) is 10.1. The molecule has 1 saturated carbocycles. The standard InChI is InChI=1S/C21H26N6O/c1-14-2-7-19(22-10-14)24-13-27-16-8-9-26(12-16)18-6-5-17(25-20(18)27)21(28)23-11-15-3-4-15/h2,5-7,10,15-16H,3-4,8-9,11-13H2,1H3,(H,22,24)(H,23,28)/t16-/m0/s1. The van der Waals surface area contributed by atoms with Crippen molar-refractivity contribution in [3.05, 3.63) is 41.7 Å². The van der Waals surface area contributed by atoms with Crippen molar-refractivity contribution in [1.82, 2.24) is 15.3 Å². The number of rotatable bonds is 6. The van der Waals surface area contributed by atoms with Gasteiger partial charge in [0.25, 0.3) is 5.91 Å². The molecule has 1 aliphatic carbocycles. The largest absolute Gasteiger partial charge is 0.366 e. The van der Waals surface area contributed by atoms with E-state index in [1.807, 2.05) is 31.3 Å². The number of anilines is 3. The molecule has 5 rings (SSSR count). The summed E-state index contributed by atoms with van der Waals surface area (Å²) >= 11 is 0. The Morgan fingerprint density at radius 2 is 2.11 bits per heavy atom. The summed E-state index contributed by atoms with van der Waals surface area (Å²) in [5, 5.41) is 6.44. The molecule has 1 atom stereocenters. The molecule has 7 nitrogen and oxygen atoms in total. The minimum absolute atomic E-state index is 0.0734. The Morgan fingerprint density at radius 3 is 2.89 bits per heavy atom. The van der Waals surface area contributed by atoms with Crippen molar-refractivity contribution < 1.29 is 4.79 Å². The summed E-state index contributed by atoms with van der Waals surface area (Å²) in [6, 6.07) is 8.36. The molecule has 0 radical (unpaired) electrons. The summed E-state index contributed by atoms with van der Waals surface area (Å²) in [5.74, 6) is 2.33. The first-order valence-electron chi connectivity index (χ1n) is 10.1. The minimum atomic E-state index is -0.0734. The van der Waals surface area contributed by atoms with Crippen molar-refractivity contribution in [3.8, 4) is 0 Å². The molecule has 2 aromatic heterocycles. The normalized spacial score (nSPS) is 20.1. The number of pyridine rings is 2. The number of hydrogen-bond donors (Lipinski definition) is 2. The van der Waals surface area contributed by atoms with Gasteiger partial charge < -0.3 is 20.4 Å². The predicted octanol–water partition coefficient (Wildman–Crippen LogP) is 2.39. The zero-order chi connectivity index (χ0) is 19.1. The van der Waals surface area contributed by atoms with Crippen LogP contribution in [0.3, 0.4) is 0 Å². The second-order valence-electron chi connectivity index (χ2n) is 8.11. The zero-order valence-corrected chi connectivity index (χ0v) is 16.2. The number of aryl methyl sites for hydroxylation is 1. The highest BCUT2D eigenvalue weighted by atomic mass is 16.1. The van der Waals surface area contributed by atoms with Crippen LogP contribution in [0.25, 0.3) is 0 Å². The third kappa shape index (κ3) is 3.37. The molecule has 0 aromatic carbocycles. The van der Waals surface area contributed by atoms with Gasteiger partial charge in [-0.25, -0.2) is 9.97 Å². The minimum Gasteiger partial charge on any atom is -0.366 e. The fourth-order valence-corrected chi connectivity index (χ4v) is 4.01. The van der Waals surface area contributed by atoms with Crippen molar-refractivity contribution in [3.63, 3.8) is 0 Å². The summed E-state index contributed by atoms with van der Waals surface area (Å²) in [6.07, 6.45) is 5.41. The molecule has 7 heteroatoms. The van der Waals surface area contributed by atoms with Crippen molar-refractivity contribution in [2.24, 2.45) is 5.92 Å². The Bertz CT molecular complexity index is 879. The lowest BCUT2D eigenvalue weighted by Crippen LogP contribution is -2.45. The topological polar surface area (TPSA) is 73.4 Å². The lowest BCUT2D eigenvalue weighted by molar-refractivity contribution is 0.0947. The average molecular weight is 378 g/mol. The van der Waals surface area contributed by atoms with Crippen molar-refractivity contribution >= 4 is 23.2 Å². The van der Waals surface area contributed by atoms with Gasteiger partial charge in [-0.3, -0.25) is 4.79 Å². The van der Waals surface area contributed by atoms with Crippen LogP contribution in [-0.2, 0) is 0 Å². The second kappa shape index (κ2) is 6.96. The van der Waals surface area contributed by atoms with Gasteiger partial charge in [-0.05, 0) is 55.9 Å². The van der Waals surface area contributed by atoms with E-state index in [9.17, 15) is 4.79 Å². The monoisotopic (exact) mass is 378 g/mol. The number of fused-ring (bicyclic) bond motifs is 4. The highest BCUT2D eigenvalue weighted by Crippen LogP contribution is 2.38. The summed E-state index contributed by atoms with van der Waals surface area (Å²) in [6.45, 7) is 5.46. The molecule has 146 valence electrons. The maximum Gasteiger partial charge on any atom is 0.269 e. The highest BCUT2D eigenvalue weighted by molar-refractivity contribution is 5.93. The zero-order valence-electron chi connectivity index (χ0n) is 16.2. The summed E-state index contributed by atoms with van der Waals surface area (Å²) in [7, 11) is 0. The summed E-state index contributed by atoms with van der Waals surface area (Å²) in [5.41, 5.74) is 2.76. The number of carbonyl (C=O) groups excluding carboxylic acids is 1. The van der Waals surface area contributed by atoms with E-state index >= 15 is 0 Å². The average Bonchev–Trinajstić information content (AvgIpc) is 3.46. The molecule has 28 heavy (non-hydrogen) atoms. The summed E-state index contributed by atoms with van der Waals surface area (Å²) < 4.78 is 0. The molecular weight excluding hydrogens is 352 g/mol. The van der Waals surface area contributed by atoms with Gasteiger partial charge in [0.05, 0.1) is 18.4 Å². The molecule has 1 saturated heterocycles. The lowest BCUT2D eigenvalue weighted by atomic mass is 10.1. The molecule has 0 spiro atoms. The smallest absolute Gasteiger partial charge is 0.269 e. The molecule has 2 N–H and O–H groups in total. The van der Waals surface area contributed by atoms with E-state index < -0.39 is 0 Å². The Labute approximate surface area is 165 Å². The van der Waals surface area contributed by atoms with Crippen molar-refractivity contribution in [2.45, 2.75) is 32.2 Å². The number of nitrogens with zero attached hydrogens (tertiary/aromatic N) is 4. The first-order chi connectivity index (χ1) is 13.7.